The molecule has 1 heterocycles. The van der Waals surface area contributed by atoms with E-state index in [-0.39, 0.29) is 5.75 Å². The van der Waals surface area contributed by atoms with Crippen LogP contribution in [0, 0.1) is 5.82 Å². The van der Waals surface area contributed by atoms with Crippen LogP contribution in [-0.2, 0) is 0 Å². The zero-order valence-electron chi connectivity index (χ0n) is 16.7. The number of fused-ring (bicyclic) bond motifs is 1. The van der Waals surface area contributed by atoms with E-state index in [9.17, 15) is 13.2 Å². The number of hydrogen-bond donors (Lipinski definition) is 0. The highest BCUT2D eigenvalue weighted by atomic mass is 32.1. The maximum Gasteiger partial charge on any atom is 0.387 e. The molecular weight excluding hydrogens is 423 g/mol. The molecule has 0 amide bonds. The second-order valence-electron chi connectivity index (χ2n) is 6.65. The third kappa shape index (κ3) is 4.11. The van der Waals surface area contributed by atoms with Crippen LogP contribution in [0.1, 0.15) is 12.5 Å². The largest absolute Gasteiger partial charge is 0.433 e. The second kappa shape index (κ2) is 8.77. The maximum absolute atomic E-state index is 14.4. The lowest BCUT2D eigenvalue weighted by Gasteiger charge is -2.14. The number of thiazole rings is 1. The summed E-state index contributed by atoms with van der Waals surface area (Å²) in [5.41, 5.74) is 1.72. The van der Waals surface area contributed by atoms with Crippen LogP contribution in [0.5, 0.6) is 5.75 Å². The third-order valence-electron chi connectivity index (χ3n) is 4.75. The number of aromatic nitrogens is 1. The smallest absolute Gasteiger partial charge is 0.387 e. The van der Waals surface area contributed by atoms with Gasteiger partial charge in [0.1, 0.15) is 11.6 Å². The number of rotatable bonds is 5. The fourth-order valence-corrected chi connectivity index (χ4v) is 4.14. The second-order valence-corrected chi connectivity index (χ2v) is 7.48. The Labute approximate surface area is 180 Å². The summed E-state index contributed by atoms with van der Waals surface area (Å²) in [6.45, 7) is -1.29. The molecule has 0 radical (unpaired) electrons. The summed E-state index contributed by atoms with van der Waals surface area (Å²) in [5.74, 6) is -0.343. The third-order valence-corrected chi connectivity index (χ3v) is 5.66. The van der Waals surface area contributed by atoms with E-state index >= 15 is 0 Å². The minimum Gasteiger partial charge on any atom is -0.433 e. The zero-order chi connectivity index (χ0) is 22.0. The molecule has 0 saturated carbocycles. The van der Waals surface area contributed by atoms with Crippen LogP contribution >= 0.6 is 11.3 Å². The van der Waals surface area contributed by atoms with E-state index in [1.54, 1.807) is 55.7 Å². The summed E-state index contributed by atoms with van der Waals surface area (Å²) >= 11 is 1.31. The van der Waals surface area contributed by atoms with Gasteiger partial charge in [-0.2, -0.15) is 13.9 Å². The molecule has 0 unspecified atom stereocenters. The quantitative estimate of drug-likeness (QED) is 0.355. The predicted molar refractivity (Wildman–Crippen MR) is 117 cm³/mol. The van der Waals surface area contributed by atoms with E-state index in [2.05, 4.69) is 10.1 Å². The van der Waals surface area contributed by atoms with Crippen molar-refractivity contribution in [1.29, 1.82) is 0 Å². The highest BCUT2D eigenvalue weighted by Gasteiger charge is 2.17. The first-order chi connectivity index (χ1) is 15.0. The van der Waals surface area contributed by atoms with Crippen LogP contribution in [0.4, 0.5) is 13.2 Å². The van der Waals surface area contributed by atoms with E-state index in [1.807, 2.05) is 18.2 Å². The molecule has 4 rings (SSSR count). The zero-order valence-corrected chi connectivity index (χ0v) is 17.5. The highest BCUT2D eigenvalue weighted by Crippen LogP contribution is 2.32. The molecule has 4 aromatic rings. The Kier molecular flexibility index (Phi) is 5.90. The number of ether oxygens (including phenoxy) is 1. The fourth-order valence-electron chi connectivity index (χ4n) is 3.35. The fraction of sp³-hybridized carbons (Fsp3) is 0.130. The summed E-state index contributed by atoms with van der Waals surface area (Å²) in [5, 5.41) is 7.70. The number of alkyl halides is 2. The summed E-state index contributed by atoms with van der Waals surface area (Å²) < 4.78 is 47.2. The Morgan fingerprint density at radius 3 is 2.52 bits per heavy atom. The maximum atomic E-state index is 14.4. The molecule has 158 valence electrons. The molecule has 0 spiro atoms. The van der Waals surface area contributed by atoms with Crippen molar-refractivity contribution in [3.8, 4) is 17.0 Å². The van der Waals surface area contributed by atoms with Gasteiger partial charge in [0.15, 0.2) is 0 Å². The van der Waals surface area contributed by atoms with E-state index < -0.39 is 12.4 Å². The first kappa shape index (κ1) is 20.9. The molecule has 0 saturated heterocycles. The van der Waals surface area contributed by atoms with Crippen molar-refractivity contribution < 1.29 is 17.9 Å². The Morgan fingerprint density at radius 1 is 1.03 bits per heavy atom. The van der Waals surface area contributed by atoms with Crippen molar-refractivity contribution in [2.45, 2.75) is 13.5 Å². The number of benzene rings is 3. The van der Waals surface area contributed by atoms with Crippen molar-refractivity contribution in [2.75, 3.05) is 7.05 Å². The number of halogens is 3. The Hall–Kier alpha value is -3.39. The van der Waals surface area contributed by atoms with Gasteiger partial charge < -0.3 is 4.74 Å². The Balaban J connectivity index is 1.91. The van der Waals surface area contributed by atoms with Crippen LogP contribution in [0.25, 0.3) is 22.0 Å². The monoisotopic (exact) mass is 441 g/mol. The lowest BCUT2D eigenvalue weighted by molar-refractivity contribution is -0.0489. The van der Waals surface area contributed by atoms with Gasteiger partial charge in [-0.3, -0.25) is 4.99 Å². The van der Waals surface area contributed by atoms with Gasteiger partial charge in [-0.15, -0.1) is 11.3 Å². The lowest BCUT2D eigenvalue weighted by atomic mass is 10.0. The van der Waals surface area contributed by atoms with E-state index in [0.717, 1.165) is 5.39 Å². The van der Waals surface area contributed by atoms with Crippen molar-refractivity contribution in [3.63, 3.8) is 0 Å². The topological polar surface area (TPSA) is 38.9 Å². The molecule has 0 atom stereocenters. The van der Waals surface area contributed by atoms with Gasteiger partial charge >= 0.3 is 6.61 Å². The molecule has 3 aromatic carbocycles. The number of nitrogens with zero attached hydrogens (tertiary/aromatic N) is 3. The first-order valence-corrected chi connectivity index (χ1v) is 10.3. The van der Waals surface area contributed by atoms with Gasteiger partial charge in [0.25, 0.3) is 0 Å². The van der Waals surface area contributed by atoms with Gasteiger partial charge in [0.2, 0.25) is 4.80 Å². The molecule has 0 fully saturated rings. The molecular formula is C23H18F3N3OS. The van der Waals surface area contributed by atoms with Crippen LogP contribution in [0.15, 0.2) is 76.1 Å². The van der Waals surface area contributed by atoms with Crippen molar-refractivity contribution in [2.24, 2.45) is 10.1 Å². The average Bonchev–Trinajstić information content (AvgIpc) is 3.16. The molecule has 0 aliphatic heterocycles. The highest BCUT2D eigenvalue weighted by molar-refractivity contribution is 7.07. The molecule has 1 aromatic heterocycles. The molecule has 0 N–H and O–H groups in total. The van der Waals surface area contributed by atoms with Gasteiger partial charge in [0.05, 0.1) is 11.4 Å². The summed E-state index contributed by atoms with van der Waals surface area (Å²) in [4.78, 5) is 4.75. The van der Waals surface area contributed by atoms with Crippen LogP contribution < -0.4 is 9.54 Å². The summed E-state index contributed by atoms with van der Waals surface area (Å²) in [7, 11) is 1.61. The minimum atomic E-state index is -2.98. The van der Waals surface area contributed by atoms with Crippen LogP contribution in [-0.4, -0.2) is 24.0 Å². The van der Waals surface area contributed by atoms with E-state index in [1.165, 1.54) is 22.1 Å². The van der Waals surface area contributed by atoms with Gasteiger partial charge in [0, 0.05) is 28.9 Å². The molecule has 31 heavy (non-hydrogen) atoms. The van der Waals surface area contributed by atoms with E-state index in [0.29, 0.717) is 32.7 Å². The van der Waals surface area contributed by atoms with Crippen molar-refractivity contribution in [3.05, 3.63) is 82.2 Å². The van der Waals surface area contributed by atoms with Crippen LogP contribution in [0.3, 0.4) is 0 Å². The predicted octanol–water partition coefficient (Wildman–Crippen LogP) is 5.91. The standard InChI is InChI=1S/C23H18F3N3OS/c1-14(16-12-11-15-7-3-4-8-17(15)21(16)30-22(25)26)28-29-20(13-31-23(29)27-2)18-9-5-6-10-19(18)24/h3-13,22H,1-2H3. The van der Waals surface area contributed by atoms with Gasteiger partial charge in [-0.05, 0) is 30.5 Å². The van der Waals surface area contributed by atoms with Gasteiger partial charge in [-0.1, -0.05) is 42.5 Å². The van der Waals surface area contributed by atoms with Crippen molar-refractivity contribution >= 4 is 27.8 Å². The van der Waals surface area contributed by atoms with E-state index in [4.69, 9.17) is 4.74 Å². The summed E-state index contributed by atoms with van der Waals surface area (Å²) in [6, 6.07) is 17.0. The first-order valence-electron chi connectivity index (χ1n) is 9.40. The lowest BCUT2D eigenvalue weighted by Crippen LogP contribution is -2.15. The average molecular weight is 441 g/mol. The molecule has 0 aliphatic rings. The Morgan fingerprint density at radius 2 is 1.77 bits per heavy atom. The molecule has 8 heteroatoms. The normalized spacial score (nSPS) is 12.7. The molecule has 0 aliphatic carbocycles. The molecule has 0 bridgehead atoms. The summed E-state index contributed by atoms with van der Waals surface area (Å²) in [6.07, 6.45) is 0. The Bertz CT molecular complexity index is 1340. The minimum absolute atomic E-state index is 0.0487. The van der Waals surface area contributed by atoms with Crippen molar-refractivity contribution in [1.82, 2.24) is 4.68 Å². The van der Waals surface area contributed by atoms with Gasteiger partial charge in [-0.25, -0.2) is 9.07 Å². The van der Waals surface area contributed by atoms with Crippen LogP contribution in [0.2, 0.25) is 0 Å². The molecule has 4 nitrogen and oxygen atoms in total. The SMILES string of the molecule is CN=c1scc(-c2ccccc2F)n1N=C(C)c1ccc2ccccc2c1OC(F)F. The number of hydrogen-bond acceptors (Lipinski definition) is 4.